The fourth-order valence-corrected chi connectivity index (χ4v) is 4.33. The molecule has 3 amide bonds. The van der Waals surface area contributed by atoms with Crippen molar-refractivity contribution in [2.75, 3.05) is 38.6 Å². The molecule has 0 bridgehead atoms. The normalized spacial score (nSPS) is 16.0. The van der Waals surface area contributed by atoms with Gasteiger partial charge < -0.3 is 19.9 Å². The highest BCUT2D eigenvalue weighted by molar-refractivity contribution is 6.01. The summed E-state index contributed by atoms with van der Waals surface area (Å²) in [5.74, 6) is -0.408. The van der Waals surface area contributed by atoms with E-state index in [2.05, 4.69) is 5.32 Å². The maximum atomic E-state index is 13.1. The average Bonchev–Trinajstić information content (AvgIpc) is 3.09. The second-order valence-electron chi connectivity index (χ2n) is 8.28. The molecule has 8 nitrogen and oxygen atoms in total. The Hall–Kier alpha value is -3.68. The molecule has 172 valence electrons. The molecule has 0 atom stereocenters. The van der Waals surface area contributed by atoms with Crippen molar-refractivity contribution in [3.05, 3.63) is 64.7 Å². The van der Waals surface area contributed by atoms with Gasteiger partial charge in [-0.1, -0.05) is 12.1 Å². The van der Waals surface area contributed by atoms with Crippen molar-refractivity contribution in [1.29, 1.82) is 0 Å². The van der Waals surface area contributed by atoms with Gasteiger partial charge in [0.15, 0.2) is 5.78 Å². The van der Waals surface area contributed by atoms with Gasteiger partial charge in [-0.2, -0.15) is 0 Å². The summed E-state index contributed by atoms with van der Waals surface area (Å²) in [5.41, 5.74) is 3.12. The number of esters is 1. The van der Waals surface area contributed by atoms with Gasteiger partial charge in [0.05, 0.1) is 12.7 Å². The molecule has 33 heavy (non-hydrogen) atoms. The largest absolute Gasteiger partial charge is 0.465 e. The van der Waals surface area contributed by atoms with Crippen LogP contribution in [-0.4, -0.2) is 66.8 Å². The molecule has 2 aliphatic rings. The molecule has 2 aromatic carbocycles. The first-order chi connectivity index (χ1) is 16.0. The van der Waals surface area contributed by atoms with Crippen molar-refractivity contribution in [3.63, 3.8) is 0 Å². The zero-order chi connectivity index (χ0) is 23.4. The quantitative estimate of drug-likeness (QED) is 0.725. The molecule has 8 heteroatoms. The third kappa shape index (κ3) is 5.05. The maximum absolute atomic E-state index is 13.1. The highest BCUT2D eigenvalue weighted by atomic mass is 16.5. The zero-order valence-electron chi connectivity index (χ0n) is 18.6. The van der Waals surface area contributed by atoms with Gasteiger partial charge in [-0.25, -0.2) is 9.59 Å². The number of carbonyl (C=O) groups excluding carboxylic acids is 4. The zero-order valence-corrected chi connectivity index (χ0v) is 18.6. The van der Waals surface area contributed by atoms with E-state index in [1.54, 1.807) is 46.2 Å². The Bertz CT molecular complexity index is 1100. The summed E-state index contributed by atoms with van der Waals surface area (Å²) in [6.45, 7) is 1.89. The highest BCUT2D eigenvalue weighted by Gasteiger charge is 2.25. The molecule has 0 aromatic heterocycles. The van der Waals surface area contributed by atoms with Crippen molar-refractivity contribution in [1.82, 2.24) is 9.80 Å². The van der Waals surface area contributed by atoms with Crippen LogP contribution in [0.1, 0.15) is 55.9 Å². The van der Waals surface area contributed by atoms with Crippen LogP contribution in [-0.2, 0) is 11.2 Å². The van der Waals surface area contributed by atoms with Crippen LogP contribution in [0.5, 0.6) is 0 Å². The van der Waals surface area contributed by atoms with E-state index in [0.717, 1.165) is 24.0 Å². The molecular formula is C25H27N3O5. The molecule has 1 heterocycles. The number of carbonyl (C=O) groups is 4. The minimum Gasteiger partial charge on any atom is -0.465 e. The number of hydrogen-bond acceptors (Lipinski definition) is 5. The topological polar surface area (TPSA) is 96.0 Å². The third-order valence-electron chi connectivity index (χ3n) is 6.11. The number of benzene rings is 2. The summed E-state index contributed by atoms with van der Waals surface area (Å²) < 4.78 is 4.72. The molecular weight excluding hydrogens is 422 g/mol. The fraction of sp³-hybridized carbons (Fsp3) is 0.360. The molecule has 1 N–H and O–H groups in total. The number of ketones is 1. The molecule has 0 saturated carbocycles. The van der Waals surface area contributed by atoms with Crippen LogP contribution in [0, 0.1) is 0 Å². The van der Waals surface area contributed by atoms with Crippen LogP contribution in [0.15, 0.2) is 42.5 Å². The second kappa shape index (κ2) is 9.85. The van der Waals surface area contributed by atoms with E-state index in [1.165, 1.54) is 7.11 Å². The number of nitrogens with zero attached hydrogens (tertiary/aromatic N) is 2. The SMILES string of the molecule is COC(=O)c1cccc(NC(=O)N2CCCN(C(=O)c3ccc4c(c3)CCCC4=O)CC2)c1. The molecule has 0 unspecified atom stereocenters. The van der Waals surface area contributed by atoms with Crippen molar-refractivity contribution in [2.45, 2.75) is 25.7 Å². The van der Waals surface area contributed by atoms with Crippen LogP contribution in [0.25, 0.3) is 0 Å². The van der Waals surface area contributed by atoms with E-state index in [-0.39, 0.29) is 17.7 Å². The lowest BCUT2D eigenvalue weighted by Crippen LogP contribution is -2.39. The van der Waals surface area contributed by atoms with Crippen LogP contribution < -0.4 is 5.32 Å². The number of ether oxygens (including phenoxy) is 1. The van der Waals surface area contributed by atoms with Gasteiger partial charge in [0.25, 0.3) is 5.91 Å². The van der Waals surface area contributed by atoms with Crippen molar-refractivity contribution in [2.24, 2.45) is 0 Å². The standard InChI is InChI=1S/C25H27N3O5/c1-33-24(31)19-6-2-7-20(16-19)26-25(32)28-12-4-11-27(13-14-28)23(30)18-9-10-21-17(15-18)5-3-8-22(21)29/h2,6-7,9-10,15-16H,3-5,8,11-14H2,1H3,(H,26,32). The Balaban J connectivity index is 1.38. The molecule has 0 radical (unpaired) electrons. The number of anilines is 1. The minimum atomic E-state index is -0.471. The average molecular weight is 450 g/mol. The second-order valence-corrected chi connectivity index (χ2v) is 8.28. The number of rotatable bonds is 3. The van der Waals surface area contributed by atoms with Gasteiger partial charge in [0.2, 0.25) is 0 Å². The summed E-state index contributed by atoms with van der Waals surface area (Å²) >= 11 is 0. The number of hydrogen-bond donors (Lipinski definition) is 1. The van der Waals surface area contributed by atoms with E-state index in [1.807, 2.05) is 6.07 Å². The van der Waals surface area contributed by atoms with Crippen LogP contribution in [0.4, 0.5) is 10.5 Å². The van der Waals surface area contributed by atoms with Crippen LogP contribution in [0.3, 0.4) is 0 Å². The lowest BCUT2D eigenvalue weighted by atomic mass is 9.89. The predicted octanol–water partition coefficient (Wildman–Crippen LogP) is 3.37. The number of Topliss-reactive ketones (excluding diaryl/α,β-unsaturated/α-hetero) is 1. The van der Waals surface area contributed by atoms with Gasteiger partial charge in [0.1, 0.15) is 0 Å². The smallest absolute Gasteiger partial charge is 0.337 e. The predicted molar refractivity (Wildman–Crippen MR) is 123 cm³/mol. The first-order valence-corrected chi connectivity index (χ1v) is 11.2. The minimum absolute atomic E-state index is 0.0798. The first kappa shape index (κ1) is 22.5. The summed E-state index contributed by atoms with van der Waals surface area (Å²) in [6.07, 6.45) is 2.86. The molecule has 1 aliphatic heterocycles. The monoisotopic (exact) mass is 449 g/mol. The molecule has 1 saturated heterocycles. The van der Waals surface area contributed by atoms with E-state index >= 15 is 0 Å². The van der Waals surface area contributed by atoms with E-state index in [4.69, 9.17) is 4.74 Å². The van der Waals surface area contributed by atoms with Crippen LogP contribution in [0.2, 0.25) is 0 Å². The number of urea groups is 1. The molecule has 2 aromatic rings. The summed E-state index contributed by atoms with van der Waals surface area (Å²) in [6, 6.07) is 11.6. The lowest BCUT2D eigenvalue weighted by Gasteiger charge is -2.23. The Morgan fingerprint density at radius 1 is 0.879 bits per heavy atom. The summed E-state index contributed by atoms with van der Waals surface area (Å²) in [7, 11) is 1.31. The van der Waals surface area contributed by atoms with E-state index in [9.17, 15) is 19.2 Å². The molecule has 0 spiro atoms. The van der Waals surface area contributed by atoms with E-state index < -0.39 is 5.97 Å². The summed E-state index contributed by atoms with van der Waals surface area (Å²) in [5, 5.41) is 2.82. The third-order valence-corrected chi connectivity index (χ3v) is 6.11. The van der Waals surface area contributed by atoms with Gasteiger partial charge in [0, 0.05) is 49.4 Å². The molecule has 4 rings (SSSR count). The Kier molecular flexibility index (Phi) is 6.72. The number of nitrogens with one attached hydrogen (secondary N) is 1. The number of aryl methyl sites for hydroxylation is 1. The Morgan fingerprint density at radius 2 is 1.67 bits per heavy atom. The van der Waals surface area contributed by atoms with Gasteiger partial charge in [-0.15, -0.1) is 0 Å². The first-order valence-electron chi connectivity index (χ1n) is 11.2. The van der Waals surface area contributed by atoms with Gasteiger partial charge in [-0.05, 0) is 55.2 Å². The number of methoxy groups -OCH3 is 1. The van der Waals surface area contributed by atoms with Gasteiger partial charge >= 0.3 is 12.0 Å². The van der Waals surface area contributed by atoms with Gasteiger partial charge in [-0.3, -0.25) is 9.59 Å². The highest BCUT2D eigenvalue weighted by Crippen LogP contribution is 2.23. The van der Waals surface area contributed by atoms with Crippen LogP contribution >= 0.6 is 0 Å². The molecule has 1 aliphatic carbocycles. The van der Waals surface area contributed by atoms with E-state index in [0.29, 0.717) is 55.8 Å². The van der Waals surface area contributed by atoms with Crippen molar-refractivity contribution >= 4 is 29.4 Å². The van der Waals surface area contributed by atoms with Crippen molar-refractivity contribution in [3.8, 4) is 0 Å². The Morgan fingerprint density at radius 3 is 2.48 bits per heavy atom. The maximum Gasteiger partial charge on any atom is 0.337 e. The Labute approximate surface area is 192 Å². The summed E-state index contributed by atoms with van der Waals surface area (Å²) in [4.78, 5) is 53.1. The molecule has 1 fully saturated rings. The number of fused-ring (bicyclic) bond motifs is 1. The lowest BCUT2D eigenvalue weighted by molar-refractivity contribution is 0.0600. The fourth-order valence-electron chi connectivity index (χ4n) is 4.33. The number of amides is 3. The van der Waals surface area contributed by atoms with Crippen molar-refractivity contribution < 1.29 is 23.9 Å².